The quantitative estimate of drug-likeness (QED) is 0.614. The molecule has 106 valence electrons. The van der Waals surface area contributed by atoms with E-state index in [0.717, 1.165) is 6.42 Å². The fourth-order valence-corrected chi connectivity index (χ4v) is 3.59. The van der Waals surface area contributed by atoms with E-state index in [-0.39, 0.29) is 10.8 Å². The number of sulfonamides is 1. The van der Waals surface area contributed by atoms with Gasteiger partial charge in [-0.05, 0) is 18.3 Å². The maximum Gasteiger partial charge on any atom is 0.246 e. The first-order valence-electron chi connectivity index (χ1n) is 6.24. The molecular weight excluding hydrogens is 266 g/mol. The van der Waals surface area contributed by atoms with Gasteiger partial charge in [0, 0.05) is 13.1 Å². The van der Waals surface area contributed by atoms with E-state index in [4.69, 9.17) is 5.84 Å². The van der Waals surface area contributed by atoms with Crippen LogP contribution in [0.4, 0.5) is 5.95 Å². The Kier molecular flexibility index (Phi) is 4.02. The monoisotopic (exact) mass is 285 g/mol. The zero-order valence-corrected chi connectivity index (χ0v) is 11.9. The van der Waals surface area contributed by atoms with E-state index in [1.807, 2.05) is 0 Å². The number of nitrogen functional groups attached to an aromatic ring is 1. The minimum absolute atomic E-state index is 0.107. The van der Waals surface area contributed by atoms with Gasteiger partial charge in [0.2, 0.25) is 16.0 Å². The minimum Gasteiger partial charge on any atom is -0.292 e. The lowest BCUT2D eigenvalue weighted by atomic mass is 9.96. The summed E-state index contributed by atoms with van der Waals surface area (Å²) in [6.07, 6.45) is 3.46. The molecule has 1 atom stereocenters. The van der Waals surface area contributed by atoms with Gasteiger partial charge in [-0.25, -0.2) is 24.2 Å². The molecule has 0 amide bonds. The molecule has 1 fully saturated rings. The average molecular weight is 285 g/mol. The van der Waals surface area contributed by atoms with Crippen molar-refractivity contribution in [3.8, 4) is 0 Å². The fraction of sp³-hybridized carbons (Fsp3) is 0.636. The van der Waals surface area contributed by atoms with Crippen LogP contribution in [0.2, 0.25) is 0 Å². The molecule has 1 unspecified atom stereocenters. The van der Waals surface area contributed by atoms with Crippen LogP contribution in [0.25, 0.3) is 0 Å². The number of hydrazine groups is 1. The van der Waals surface area contributed by atoms with E-state index in [0.29, 0.717) is 24.9 Å². The van der Waals surface area contributed by atoms with Gasteiger partial charge in [-0.15, -0.1) is 0 Å². The zero-order chi connectivity index (χ0) is 14.0. The normalized spacial score (nSPS) is 20.9. The summed E-state index contributed by atoms with van der Waals surface area (Å²) in [5.74, 6) is 6.25. The van der Waals surface area contributed by atoms with Gasteiger partial charge in [0.15, 0.2) is 0 Å². The number of hydrogen-bond acceptors (Lipinski definition) is 6. The van der Waals surface area contributed by atoms with Gasteiger partial charge >= 0.3 is 0 Å². The predicted molar refractivity (Wildman–Crippen MR) is 71.5 cm³/mol. The van der Waals surface area contributed by atoms with Crippen molar-refractivity contribution in [1.29, 1.82) is 0 Å². The van der Waals surface area contributed by atoms with E-state index in [1.54, 1.807) is 0 Å². The molecule has 2 rings (SSSR count). The van der Waals surface area contributed by atoms with Crippen LogP contribution in [0.3, 0.4) is 0 Å². The maximum absolute atomic E-state index is 12.4. The Balaban J connectivity index is 2.18. The molecule has 0 aromatic carbocycles. The molecular formula is C11H19N5O2S. The van der Waals surface area contributed by atoms with Crippen molar-refractivity contribution < 1.29 is 8.42 Å². The molecule has 7 nitrogen and oxygen atoms in total. The van der Waals surface area contributed by atoms with Crippen LogP contribution >= 0.6 is 0 Å². The third-order valence-electron chi connectivity index (χ3n) is 3.53. The average Bonchev–Trinajstić information content (AvgIpc) is 2.89. The highest BCUT2D eigenvalue weighted by Gasteiger charge is 2.34. The summed E-state index contributed by atoms with van der Waals surface area (Å²) in [6, 6.07) is 0. The molecule has 1 aromatic heterocycles. The van der Waals surface area contributed by atoms with Gasteiger partial charge in [0.1, 0.15) is 4.90 Å². The second kappa shape index (κ2) is 5.40. The Morgan fingerprint density at radius 3 is 2.53 bits per heavy atom. The maximum atomic E-state index is 12.4. The summed E-state index contributed by atoms with van der Waals surface area (Å²) in [5, 5.41) is 0. The highest BCUT2D eigenvalue weighted by Crippen LogP contribution is 2.28. The third kappa shape index (κ3) is 2.85. The van der Waals surface area contributed by atoms with Crippen LogP contribution in [0.15, 0.2) is 17.3 Å². The molecule has 0 saturated carbocycles. The number of nitrogens with two attached hydrogens (primary N) is 1. The largest absolute Gasteiger partial charge is 0.292 e. The molecule has 3 N–H and O–H groups in total. The van der Waals surface area contributed by atoms with Gasteiger partial charge in [0.05, 0.1) is 12.4 Å². The molecule has 0 bridgehead atoms. The van der Waals surface area contributed by atoms with Crippen LogP contribution in [0.5, 0.6) is 0 Å². The predicted octanol–water partition coefficient (Wildman–Crippen LogP) is 0.429. The van der Waals surface area contributed by atoms with E-state index in [2.05, 4.69) is 29.2 Å². The van der Waals surface area contributed by atoms with Crippen molar-refractivity contribution in [2.45, 2.75) is 25.2 Å². The number of anilines is 1. The van der Waals surface area contributed by atoms with Crippen LogP contribution in [-0.4, -0.2) is 35.8 Å². The number of rotatable bonds is 4. The van der Waals surface area contributed by atoms with E-state index >= 15 is 0 Å². The smallest absolute Gasteiger partial charge is 0.246 e. The van der Waals surface area contributed by atoms with Gasteiger partial charge in [-0.1, -0.05) is 13.8 Å². The molecule has 1 aromatic rings. The summed E-state index contributed by atoms with van der Waals surface area (Å²) in [6.45, 7) is 5.36. The molecule has 19 heavy (non-hydrogen) atoms. The number of nitrogens with one attached hydrogen (secondary N) is 1. The van der Waals surface area contributed by atoms with E-state index < -0.39 is 10.0 Å². The highest BCUT2D eigenvalue weighted by molar-refractivity contribution is 7.89. The van der Waals surface area contributed by atoms with E-state index in [9.17, 15) is 8.42 Å². The Labute approximate surface area is 113 Å². The third-order valence-corrected chi connectivity index (χ3v) is 5.34. The Bertz CT molecular complexity index is 529. The molecule has 1 saturated heterocycles. The van der Waals surface area contributed by atoms with Crippen LogP contribution in [0, 0.1) is 11.8 Å². The van der Waals surface area contributed by atoms with Crippen LogP contribution in [-0.2, 0) is 10.0 Å². The lowest BCUT2D eigenvalue weighted by Crippen LogP contribution is -2.29. The first kappa shape index (κ1) is 14.2. The van der Waals surface area contributed by atoms with Gasteiger partial charge in [-0.3, -0.25) is 5.43 Å². The van der Waals surface area contributed by atoms with Crippen molar-refractivity contribution in [1.82, 2.24) is 14.3 Å². The standard InChI is InChI=1S/C11H19N5O2S/c1-8(2)9-3-4-16(7-9)19(17,18)10-5-13-11(15-12)14-6-10/h5-6,8-9H,3-4,7,12H2,1-2H3,(H,13,14,15). The molecule has 0 aliphatic carbocycles. The SMILES string of the molecule is CC(C)C1CCN(S(=O)(=O)c2cnc(NN)nc2)C1. The molecule has 1 aliphatic heterocycles. The van der Waals surface area contributed by atoms with Crippen LogP contribution < -0.4 is 11.3 Å². The summed E-state index contributed by atoms with van der Waals surface area (Å²) in [7, 11) is -3.49. The molecule has 0 spiro atoms. The van der Waals surface area contributed by atoms with Gasteiger partial charge in [0.25, 0.3) is 0 Å². The number of nitrogens with zero attached hydrogens (tertiary/aromatic N) is 3. The zero-order valence-electron chi connectivity index (χ0n) is 11.1. The minimum atomic E-state index is -3.49. The highest BCUT2D eigenvalue weighted by atomic mass is 32.2. The number of aromatic nitrogens is 2. The van der Waals surface area contributed by atoms with Crippen molar-refractivity contribution in [2.24, 2.45) is 17.7 Å². The first-order chi connectivity index (χ1) is 8.95. The lowest BCUT2D eigenvalue weighted by molar-refractivity contribution is 0.388. The molecule has 1 aliphatic rings. The van der Waals surface area contributed by atoms with Crippen LogP contribution in [0.1, 0.15) is 20.3 Å². The first-order valence-corrected chi connectivity index (χ1v) is 7.68. The Morgan fingerprint density at radius 1 is 1.42 bits per heavy atom. The fourth-order valence-electron chi connectivity index (χ4n) is 2.19. The second-order valence-corrected chi connectivity index (χ2v) is 6.98. The van der Waals surface area contributed by atoms with E-state index in [1.165, 1.54) is 16.7 Å². The Morgan fingerprint density at radius 2 is 2.05 bits per heavy atom. The van der Waals surface area contributed by atoms with Crippen molar-refractivity contribution >= 4 is 16.0 Å². The van der Waals surface area contributed by atoms with Gasteiger partial charge < -0.3 is 0 Å². The second-order valence-electron chi connectivity index (χ2n) is 5.04. The topological polar surface area (TPSA) is 101 Å². The Hall–Kier alpha value is -1.25. The lowest BCUT2D eigenvalue weighted by Gasteiger charge is -2.17. The summed E-state index contributed by atoms with van der Waals surface area (Å²) in [5.41, 5.74) is 2.27. The summed E-state index contributed by atoms with van der Waals surface area (Å²) < 4.78 is 26.3. The van der Waals surface area contributed by atoms with Gasteiger partial charge in [-0.2, -0.15) is 4.31 Å². The summed E-state index contributed by atoms with van der Waals surface area (Å²) in [4.78, 5) is 7.78. The van der Waals surface area contributed by atoms with Crippen molar-refractivity contribution in [3.05, 3.63) is 12.4 Å². The molecule has 8 heteroatoms. The molecule has 0 radical (unpaired) electrons. The van der Waals surface area contributed by atoms with Crippen molar-refractivity contribution in [2.75, 3.05) is 18.5 Å². The van der Waals surface area contributed by atoms with Crippen molar-refractivity contribution in [3.63, 3.8) is 0 Å². The summed E-state index contributed by atoms with van der Waals surface area (Å²) >= 11 is 0. The number of hydrogen-bond donors (Lipinski definition) is 2. The molecule has 2 heterocycles.